The zero-order valence-corrected chi connectivity index (χ0v) is 11.5. The van der Waals surface area contributed by atoms with Crippen molar-refractivity contribution in [3.63, 3.8) is 0 Å². The number of aromatic amines is 2. The molecule has 0 aliphatic heterocycles. The lowest BCUT2D eigenvalue weighted by atomic mass is 10.1. The first-order valence-electron chi connectivity index (χ1n) is 6.53. The van der Waals surface area contributed by atoms with Gasteiger partial charge in [-0.15, -0.1) is 5.10 Å². The fraction of sp³-hybridized carbons (Fsp3) is 0.154. The minimum Gasteiger partial charge on any atom is -0.484 e. The van der Waals surface area contributed by atoms with Gasteiger partial charge < -0.3 is 9.72 Å². The molecule has 1 aromatic carbocycles. The molecule has 0 unspecified atom stereocenters. The summed E-state index contributed by atoms with van der Waals surface area (Å²) in [4.78, 5) is 18.8. The zero-order valence-electron chi connectivity index (χ0n) is 11.5. The average Bonchev–Trinajstić information content (AvgIpc) is 3.20. The number of carbonyl (C=O) groups is 1. The molecular formula is C13H13N7O2. The Bertz CT molecular complexity index is 707. The van der Waals surface area contributed by atoms with E-state index in [9.17, 15) is 4.79 Å². The number of anilines is 1. The van der Waals surface area contributed by atoms with Crippen LogP contribution < -0.4 is 10.1 Å². The molecule has 0 atom stereocenters. The van der Waals surface area contributed by atoms with Gasteiger partial charge in [0, 0.05) is 18.8 Å². The standard InChI is InChI=1S/C13H13N7O2/c21-12(16-13-17-19-20-18-13)8-22-10-3-1-9(2-4-10)7-11-14-5-6-15-11/h1-6H,7-8H2,(H,14,15)(H2,16,17,18,19,20,21). The number of ether oxygens (including phenoxy) is 1. The lowest BCUT2D eigenvalue weighted by molar-refractivity contribution is -0.118. The van der Waals surface area contributed by atoms with E-state index in [0.29, 0.717) is 12.2 Å². The molecule has 0 fully saturated rings. The Balaban J connectivity index is 1.49. The van der Waals surface area contributed by atoms with Crippen molar-refractivity contribution in [3.8, 4) is 5.75 Å². The largest absolute Gasteiger partial charge is 0.484 e. The van der Waals surface area contributed by atoms with Crippen LogP contribution in [0.5, 0.6) is 5.75 Å². The van der Waals surface area contributed by atoms with E-state index in [0.717, 1.165) is 11.4 Å². The Morgan fingerprint density at radius 2 is 2.14 bits per heavy atom. The van der Waals surface area contributed by atoms with E-state index in [1.165, 1.54) is 0 Å². The van der Waals surface area contributed by atoms with E-state index >= 15 is 0 Å². The smallest absolute Gasteiger partial charge is 0.269 e. The summed E-state index contributed by atoms with van der Waals surface area (Å²) in [6.07, 6.45) is 4.22. The van der Waals surface area contributed by atoms with Gasteiger partial charge in [-0.05, 0) is 22.9 Å². The monoisotopic (exact) mass is 299 g/mol. The molecule has 3 rings (SSSR count). The second-order valence-electron chi connectivity index (χ2n) is 4.43. The van der Waals surface area contributed by atoms with Crippen molar-refractivity contribution in [2.45, 2.75) is 6.42 Å². The normalized spacial score (nSPS) is 10.4. The molecule has 0 saturated carbocycles. The molecule has 112 valence electrons. The van der Waals surface area contributed by atoms with Crippen LogP contribution in [-0.2, 0) is 11.2 Å². The van der Waals surface area contributed by atoms with E-state index in [1.807, 2.05) is 12.1 Å². The first kappa shape index (κ1) is 13.7. The van der Waals surface area contributed by atoms with Crippen LogP contribution in [0.25, 0.3) is 0 Å². The second-order valence-corrected chi connectivity index (χ2v) is 4.43. The number of imidazole rings is 1. The highest BCUT2D eigenvalue weighted by Gasteiger charge is 2.06. The van der Waals surface area contributed by atoms with Crippen molar-refractivity contribution in [1.29, 1.82) is 0 Å². The van der Waals surface area contributed by atoms with Gasteiger partial charge in [-0.3, -0.25) is 10.1 Å². The fourth-order valence-corrected chi connectivity index (χ4v) is 1.82. The number of rotatable bonds is 6. The highest BCUT2D eigenvalue weighted by atomic mass is 16.5. The number of tetrazole rings is 1. The third-order valence-electron chi connectivity index (χ3n) is 2.82. The number of nitrogens with zero attached hydrogens (tertiary/aromatic N) is 4. The molecule has 3 aromatic rings. The van der Waals surface area contributed by atoms with E-state index in [2.05, 4.69) is 35.9 Å². The van der Waals surface area contributed by atoms with Crippen LogP contribution in [0.15, 0.2) is 36.7 Å². The van der Waals surface area contributed by atoms with Crippen LogP contribution in [0.4, 0.5) is 5.95 Å². The summed E-state index contributed by atoms with van der Waals surface area (Å²) in [6, 6.07) is 7.46. The minimum atomic E-state index is -0.360. The molecular weight excluding hydrogens is 286 g/mol. The fourth-order valence-electron chi connectivity index (χ4n) is 1.82. The van der Waals surface area contributed by atoms with Crippen molar-refractivity contribution < 1.29 is 9.53 Å². The number of benzene rings is 1. The van der Waals surface area contributed by atoms with Crippen LogP contribution in [0, 0.1) is 0 Å². The number of aromatic nitrogens is 6. The molecule has 0 saturated heterocycles. The van der Waals surface area contributed by atoms with Crippen LogP contribution >= 0.6 is 0 Å². The Morgan fingerprint density at radius 1 is 1.27 bits per heavy atom. The summed E-state index contributed by atoms with van der Waals surface area (Å²) in [5.74, 6) is 1.25. The van der Waals surface area contributed by atoms with Gasteiger partial charge in [-0.1, -0.05) is 17.2 Å². The van der Waals surface area contributed by atoms with Gasteiger partial charge in [0.15, 0.2) is 6.61 Å². The first-order valence-corrected chi connectivity index (χ1v) is 6.53. The van der Waals surface area contributed by atoms with Gasteiger partial charge in [0.05, 0.1) is 0 Å². The molecule has 3 N–H and O–H groups in total. The van der Waals surface area contributed by atoms with Crippen LogP contribution in [0.2, 0.25) is 0 Å². The third kappa shape index (κ3) is 3.66. The minimum absolute atomic E-state index is 0.113. The quantitative estimate of drug-likeness (QED) is 0.610. The summed E-state index contributed by atoms with van der Waals surface area (Å²) < 4.78 is 5.39. The van der Waals surface area contributed by atoms with Gasteiger partial charge in [-0.25, -0.2) is 4.98 Å². The predicted molar refractivity (Wildman–Crippen MR) is 76.1 cm³/mol. The molecule has 0 bridgehead atoms. The van der Waals surface area contributed by atoms with Gasteiger partial charge in [0.2, 0.25) is 0 Å². The maximum absolute atomic E-state index is 11.6. The van der Waals surface area contributed by atoms with Gasteiger partial charge in [0.25, 0.3) is 11.9 Å². The van der Waals surface area contributed by atoms with Crippen molar-refractivity contribution in [2.24, 2.45) is 0 Å². The first-order chi connectivity index (χ1) is 10.8. The highest BCUT2D eigenvalue weighted by Crippen LogP contribution is 2.14. The number of hydrogen-bond acceptors (Lipinski definition) is 6. The summed E-state index contributed by atoms with van der Waals surface area (Å²) in [7, 11) is 0. The lowest BCUT2D eigenvalue weighted by Gasteiger charge is -2.06. The maximum Gasteiger partial charge on any atom is 0.269 e. The molecule has 22 heavy (non-hydrogen) atoms. The highest BCUT2D eigenvalue weighted by molar-refractivity contribution is 5.90. The zero-order chi connectivity index (χ0) is 15.2. The lowest BCUT2D eigenvalue weighted by Crippen LogP contribution is -2.20. The molecule has 1 amide bonds. The Labute approximate surface area is 125 Å². The molecule has 0 aliphatic rings. The number of amides is 1. The molecule has 9 heteroatoms. The molecule has 2 aromatic heterocycles. The number of carbonyl (C=O) groups excluding carboxylic acids is 1. The number of hydrogen-bond donors (Lipinski definition) is 3. The topological polar surface area (TPSA) is 121 Å². The summed E-state index contributed by atoms with van der Waals surface area (Å²) in [5, 5.41) is 15.2. The Hall–Kier alpha value is -3.23. The van der Waals surface area contributed by atoms with Gasteiger partial charge >= 0.3 is 0 Å². The van der Waals surface area contributed by atoms with Gasteiger partial charge in [-0.2, -0.15) is 5.21 Å². The Morgan fingerprint density at radius 3 is 2.82 bits per heavy atom. The number of H-pyrrole nitrogens is 2. The third-order valence-corrected chi connectivity index (χ3v) is 2.82. The molecule has 0 radical (unpaired) electrons. The van der Waals surface area contributed by atoms with Crippen molar-refractivity contribution >= 4 is 11.9 Å². The molecule has 9 nitrogen and oxygen atoms in total. The van der Waals surface area contributed by atoms with Crippen molar-refractivity contribution in [2.75, 3.05) is 11.9 Å². The van der Waals surface area contributed by atoms with Crippen LogP contribution in [-0.4, -0.2) is 43.1 Å². The van der Waals surface area contributed by atoms with E-state index in [-0.39, 0.29) is 18.5 Å². The average molecular weight is 299 g/mol. The second kappa shape index (κ2) is 6.48. The van der Waals surface area contributed by atoms with E-state index in [1.54, 1.807) is 24.5 Å². The molecule has 0 aliphatic carbocycles. The maximum atomic E-state index is 11.6. The summed E-state index contributed by atoms with van der Waals surface area (Å²) >= 11 is 0. The molecule has 0 spiro atoms. The summed E-state index contributed by atoms with van der Waals surface area (Å²) in [6.45, 7) is -0.133. The van der Waals surface area contributed by atoms with Crippen molar-refractivity contribution in [3.05, 3.63) is 48.0 Å². The number of nitrogens with one attached hydrogen (secondary N) is 3. The van der Waals surface area contributed by atoms with Crippen LogP contribution in [0.1, 0.15) is 11.4 Å². The SMILES string of the molecule is O=C(COc1ccc(Cc2ncc[nH]2)cc1)Nc1nn[nH]n1. The molecule has 2 heterocycles. The van der Waals surface area contributed by atoms with Crippen molar-refractivity contribution in [1.82, 2.24) is 30.6 Å². The van der Waals surface area contributed by atoms with Crippen LogP contribution in [0.3, 0.4) is 0 Å². The van der Waals surface area contributed by atoms with Gasteiger partial charge in [0.1, 0.15) is 11.6 Å². The predicted octanol–water partition coefficient (Wildman–Crippen LogP) is 0.531. The Kier molecular flexibility index (Phi) is 4.05. The van der Waals surface area contributed by atoms with E-state index in [4.69, 9.17) is 4.74 Å². The summed E-state index contributed by atoms with van der Waals surface area (Å²) in [5.41, 5.74) is 1.10. The van der Waals surface area contributed by atoms with E-state index < -0.39 is 0 Å².